The summed E-state index contributed by atoms with van der Waals surface area (Å²) in [6, 6.07) is 7.65. The second kappa shape index (κ2) is 9.71. The van der Waals surface area contributed by atoms with Crippen LogP contribution in [0.1, 0.15) is 49.2 Å². The SMILES string of the molecule is C=C(C)C(=O)Oc1cc(C#CC(=O)c2cc(OC(=O)C(C)(C)C)ccc2O)c(O)cc1C#N. The molecule has 2 aromatic rings. The van der Waals surface area contributed by atoms with Gasteiger partial charge in [0.05, 0.1) is 22.1 Å². The molecule has 8 heteroatoms. The van der Waals surface area contributed by atoms with Gasteiger partial charge in [-0.2, -0.15) is 5.26 Å². The summed E-state index contributed by atoms with van der Waals surface area (Å²) >= 11 is 0. The number of hydrogen-bond donors (Lipinski definition) is 2. The van der Waals surface area contributed by atoms with E-state index in [4.69, 9.17) is 9.47 Å². The van der Waals surface area contributed by atoms with Gasteiger partial charge in [0.25, 0.3) is 0 Å². The summed E-state index contributed by atoms with van der Waals surface area (Å²) in [5, 5.41) is 29.3. The zero-order chi connectivity index (χ0) is 24.9. The maximum atomic E-state index is 12.6. The molecule has 0 amide bonds. The molecule has 0 fully saturated rings. The van der Waals surface area contributed by atoms with E-state index in [9.17, 15) is 29.9 Å². The fourth-order valence-electron chi connectivity index (χ4n) is 2.24. The predicted octanol–water partition coefficient (Wildman–Crippen LogP) is 3.64. The smallest absolute Gasteiger partial charge is 0.338 e. The second-order valence-electron chi connectivity index (χ2n) is 8.04. The van der Waals surface area contributed by atoms with Gasteiger partial charge in [0.2, 0.25) is 5.78 Å². The van der Waals surface area contributed by atoms with Gasteiger partial charge in [0, 0.05) is 17.7 Å². The maximum absolute atomic E-state index is 12.6. The first-order valence-electron chi connectivity index (χ1n) is 9.60. The van der Waals surface area contributed by atoms with Gasteiger partial charge in [0.1, 0.15) is 29.1 Å². The highest BCUT2D eigenvalue weighted by Crippen LogP contribution is 2.29. The molecule has 168 valence electrons. The first-order valence-corrected chi connectivity index (χ1v) is 9.60. The first-order chi connectivity index (χ1) is 15.3. The molecule has 0 radical (unpaired) electrons. The fraction of sp³-hybridized carbons (Fsp3) is 0.200. The van der Waals surface area contributed by atoms with Crippen molar-refractivity contribution in [3.8, 4) is 40.9 Å². The van der Waals surface area contributed by atoms with E-state index in [-0.39, 0.29) is 39.5 Å². The van der Waals surface area contributed by atoms with Crippen LogP contribution in [0.4, 0.5) is 0 Å². The normalized spacial score (nSPS) is 10.3. The molecule has 2 N–H and O–H groups in total. The molecular formula is C25H21NO7. The standard InChI is InChI=1S/C25H21NO7/c1-14(2)23(30)33-22-11-15(21(29)10-16(22)13-26)6-8-19(27)18-12-17(7-9-20(18)28)32-24(31)25(3,4)5/h7,9-12,28-29H,1H2,2-5H3. The number of phenolic OH excluding ortho intramolecular Hbond substituents is 2. The van der Waals surface area contributed by atoms with Crippen LogP contribution in [0.3, 0.4) is 0 Å². The molecule has 33 heavy (non-hydrogen) atoms. The van der Waals surface area contributed by atoms with Gasteiger partial charge in [-0.15, -0.1) is 0 Å². The molecule has 0 saturated carbocycles. The zero-order valence-corrected chi connectivity index (χ0v) is 18.5. The Kier molecular flexibility index (Phi) is 7.27. The average Bonchev–Trinajstić information content (AvgIpc) is 2.73. The van der Waals surface area contributed by atoms with Crippen molar-refractivity contribution in [1.82, 2.24) is 0 Å². The van der Waals surface area contributed by atoms with Crippen molar-refractivity contribution >= 4 is 17.7 Å². The van der Waals surface area contributed by atoms with Crippen LogP contribution in [0.25, 0.3) is 0 Å². The van der Waals surface area contributed by atoms with Gasteiger partial charge in [0.15, 0.2) is 0 Å². The number of benzene rings is 2. The molecular weight excluding hydrogens is 426 g/mol. The van der Waals surface area contributed by atoms with Crippen LogP contribution < -0.4 is 9.47 Å². The minimum absolute atomic E-state index is 0.0492. The fourth-order valence-corrected chi connectivity index (χ4v) is 2.24. The number of ether oxygens (including phenoxy) is 2. The summed E-state index contributed by atoms with van der Waals surface area (Å²) in [7, 11) is 0. The molecule has 0 saturated heterocycles. The van der Waals surface area contributed by atoms with Gasteiger partial charge in [-0.3, -0.25) is 9.59 Å². The lowest BCUT2D eigenvalue weighted by Gasteiger charge is -2.16. The van der Waals surface area contributed by atoms with E-state index in [1.54, 1.807) is 26.8 Å². The van der Waals surface area contributed by atoms with Gasteiger partial charge < -0.3 is 19.7 Å². The van der Waals surface area contributed by atoms with Crippen molar-refractivity contribution in [2.75, 3.05) is 0 Å². The molecule has 0 spiro atoms. The minimum Gasteiger partial charge on any atom is -0.507 e. The summed E-state index contributed by atoms with van der Waals surface area (Å²) in [5.41, 5.74) is -1.12. The topological polar surface area (TPSA) is 134 Å². The molecule has 2 rings (SSSR count). The Labute approximate surface area is 190 Å². The van der Waals surface area contributed by atoms with Crippen LogP contribution in [0.15, 0.2) is 42.5 Å². The number of rotatable bonds is 4. The van der Waals surface area contributed by atoms with Crippen molar-refractivity contribution in [3.63, 3.8) is 0 Å². The number of esters is 2. The third kappa shape index (κ3) is 6.22. The lowest BCUT2D eigenvalue weighted by molar-refractivity contribution is -0.143. The van der Waals surface area contributed by atoms with E-state index in [0.717, 1.165) is 12.1 Å². The summed E-state index contributed by atoms with van der Waals surface area (Å²) < 4.78 is 10.3. The van der Waals surface area contributed by atoms with Crippen molar-refractivity contribution in [2.45, 2.75) is 27.7 Å². The predicted molar refractivity (Wildman–Crippen MR) is 118 cm³/mol. The molecule has 8 nitrogen and oxygen atoms in total. The molecule has 0 aliphatic rings. The van der Waals surface area contributed by atoms with Crippen LogP contribution >= 0.6 is 0 Å². The van der Waals surface area contributed by atoms with E-state index in [2.05, 4.69) is 18.4 Å². The summed E-state index contributed by atoms with van der Waals surface area (Å²) in [6.45, 7) is 9.87. The maximum Gasteiger partial charge on any atom is 0.338 e. The summed E-state index contributed by atoms with van der Waals surface area (Å²) in [4.78, 5) is 36.4. The van der Waals surface area contributed by atoms with Gasteiger partial charge in [-0.25, -0.2) is 4.79 Å². The molecule has 0 bridgehead atoms. The van der Waals surface area contributed by atoms with Crippen LogP contribution in [0.5, 0.6) is 23.0 Å². The van der Waals surface area contributed by atoms with E-state index >= 15 is 0 Å². The number of aromatic hydroxyl groups is 2. The van der Waals surface area contributed by atoms with Gasteiger partial charge in [-0.05, 0) is 51.8 Å². The zero-order valence-electron chi connectivity index (χ0n) is 18.5. The number of Topliss-reactive ketones (excluding diaryl/α,β-unsaturated/α-hetero) is 1. The summed E-state index contributed by atoms with van der Waals surface area (Å²) in [5.74, 6) is 1.63. The number of carbonyl (C=O) groups excluding carboxylic acids is 3. The number of carbonyl (C=O) groups is 3. The molecule has 0 heterocycles. The average molecular weight is 447 g/mol. The monoisotopic (exact) mass is 447 g/mol. The lowest BCUT2D eigenvalue weighted by Crippen LogP contribution is -2.25. The number of ketones is 1. The highest BCUT2D eigenvalue weighted by molar-refractivity contribution is 6.11. The lowest BCUT2D eigenvalue weighted by atomic mass is 9.97. The number of phenols is 2. The quantitative estimate of drug-likeness (QED) is 0.239. The molecule has 0 aromatic heterocycles. The third-order valence-corrected chi connectivity index (χ3v) is 4.12. The molecule has 0 aliphatic heterocycles. The number of nitriles is 1. The first kappa shape index (κ1) is 24.7. The Hall–Kier alpha value is -4.56. The van der Waals surface area contributed by atoms with Gasteiger partial charge >= 0.3 is 11.9 Å². The van der Waals surface area contributed by atoms with Crippen LogP contribution in [0, 0.1) is 28.6 Å². The summed E-state index contributed by atoms with van der Waals surface area (Å²) in [6.07, 6.45) is 0. The number of hydrogen-bond acceptors (Lipinski definition) is 8. The van der Waals surface area contributed by atoms with Crippen LogP contribution in [-0.2, 0) is 9.59 Å². The number of nitrogens with zero attached hydrogens (tertiary/aromatic N) is 1. The van der Waals surface area contributed by atoms with Crippen molar-refractivity contribution in [1.29, 1.82) is 5.26 Å². The molecule has 0 atom stereocenters. The van der Waals surface area contributed by atoms with Crippen molar-refractivity contribution < 1.29 is 34.1 Å². The Morgan fingerprint density at radius 3 is 2.24 bits per heavy atom. The van der Waals surface area contributed by atoms with Crippen LogP contribution in [0.2, 0.25) is 0 Å². The Morgan fingerprint density at radius 2 is 1.67 bits per heavy atom. The molecule has 0 unspecified atom stereocenters. The van der Waals surface area contributed by atoms with Crippen molar-refractivity contribution in [3.05, 3.63) is 59.2 Å². The Bertz CT molecular complexity index is 1260. The third-order valence-electron chi connectivity index (χ3n) is 4.12. The highest BCUT2D eigenvalue weighted by Gasteiger charge is 2.24. The Morgan fingerprint density at radius 1 is 1.00 bits per heavy atom. The second-order valence-corrected chi connectivity index (χ2v) is 8.04. The van der Waals surface area contributed by atoms with E-state index in [0.29, 0.717) is 0 Å². The van der Waals surface area contributed by atoms with E-state index < -0.39 is 28.9 Å². The van der Waals surface area contributed by atoms with E-state index in [1.165, 1.54) is 25.1 Å². The van der Waals surface area contributed by atoms with Gasteiger partial charge in [-0.1, -0.05) is 12.5 Å². The van der Waals surface area contributed by atoms with E-state index in [1.807, 2.05) is 0 Å². The largest absolute Gasteiger partial charge is 0.507 e. The minimum atomic E-state index is -0.828. The van der Waals surface area contributed by atoms with Crippen molar-refractivity contribution in [2.24, 2.45) is 5.41 Å². The highest BCUT2D eigenvalue weighted by atomic mass is 16.5. The Balaban J connectivity index is 2.38. The molecule has 0 aliphatic carbocycles. The molecule has 2 aromatic carbocycles. The van der Waals surface area contributed by atoms with Crippen LogP contribution in [-0.4, -0.2) is 27.9 Å².